The average Bonchev–Trinajstić information content (AvgIpc) is 0.835. The third kappa shape index (κ3) is 33.1. The number of aromatic nitrogens is 3. The SMILES string of the molecule is CCOC(=O)c1ccc(CNc2cc(C(=O)OCC)ccc2NC2CCCCC2)cc1.CCOC(=O)c1ccc(NC2CCCCC2)c(NCc2ccc(C(=O)OC)cc2)c1.CCOC(=O)c1cnc(CC2CCCCC2)c(N)c1.CCOC(=O)c1cnc(CC2CCCCC2)c(NCc2ccccc2)c1.CCOC(=O)c1cnc(CC2CCCCC2)c([N+](=O)[O-])c1. The number of nitrogens with two attached hydrogens (primary N) is 1. The van der Waals surface area contributed by atoms with Gasteiger partial charge < -0.3 is 65.5 Å². The van der Waals surface area contributed by atoms with Crippen molar-refractivity contribution in [2.75, 3.05) is 79.1 Å². The number of carbonyl (C=O) groups is 7. The van der Waals surface area contributed by atoms with Crippen molar-refractivity contribution in [3.8, 4) is 0 Å². The normalized spacial score (nSPS) is 14.8. The van der Waals surface area contributed by atoms with E-state index in [9.17, 15) is 43.7 Å². The number of carbonyl (C=O) groups excluding carboxylic acids is 7. The highest BCUT2D eigenvalue weighted by molar-refractivity contribution is 5.95. The molecule has 682 valence electrons. The topological polar surface area (TPSA) is 352 Å². The third-order valence-electron chi connectivity index (χ3n) is 23.4. The fraction of sp³-hybridized carbons (Fsp3) is 0.485. The summed E-state index contributed by atoms with van der Waals surface area (Å²) in [5.74, 6) is -0.716. The molecule has 7 N–H and O–H groups in total. The van der Waals surface area contributed by atoms with Crippen molar-refractivity contribution in [3.05, 3.63) is 235 Å². The maximum atomic E-state index is 12.2. The lowest BCUT2D eigenvalue weighted by atomic mass is 9.85. The molecule has 5 aliphatic carbocycles. The van der Waals surface area contributed by atoms with Crippen LogP contribution in [-0.4, -0.2) is 120 Å². The number of methoxy groups -OCH3 is 1. The number of nitro groups is 1. The Morgan fingerprint density at radius 3 is 1.04 bits per heavy atom. The summed E-state index contributed by atoms with van der Waals surface area (Å²) >= 11 is 0. The lowest BCUT2D eigenvalue weighted by molar-refractivity contribution is -0.386. The molecule has 0 aliphatic heterocycles. The number of ether oxygens (including phenoxy) is 7. The smallest absolute Gasteiger partial charge is 0.339 e. The predicted molar refractivity (Wildman–Crippen MR) is 497 cm³/mol. The van der Waals surface area contributed by atoms with Gasteiger partial charge in [0, 0.05) is 56.4 Å². The molecule has 0 atom stereocenters. The van der Waals surface area contributed by atoms with Gasteiger partial charge in [0.15, 0.2) is 0 Å². The molecule has 5 aliphatic rings. The molecule has 13 rings (SSSR count). The maximum Gasteiger partial charge on any atom is 0.339 e. The van der Waals surface area contributed by atoms with Crippen LogP contribution in [0.15, 0.2) is 152 Å². The molecule has 0 unspecified atom stereocenters. The third-order valence-corrected chi connectivity index (χ3v) is 23.4. The Morgan fingerprint density at radius 2 is 0.654 bits per heavy atom. The Hall–Kier alpha value is -12.0. The van der Waals surface area contributed by atoms with E-state index in [4.69, 9.17) is 38.9 Å². The van der Waals surface area contributed by atoms with E-state index in [0.717, 1.165) is 102 Å². The van der Waals surface area contributed by atoms with Crippen LogP contribution in [0.2, 0.25) is 0 Å². The molecule has 8 aromatic rings. The molecule has 0 saturated heterocycles. The molecule has 3 aromatic heterocycles. The average molecular weight is 1740 g/mol. The standard InChI is InChI=1S/C25H32N2O4.C24H30N2O4.C22H28N2O2.C15H20N2O4.C15H22N2O2/c1-3-30-24(28)19-12-10-18(11-13-19)17-26-23-16-20(25(29)31-4-2)14-15-22(23)27-21-8-6-5-7-9-21;1-3-30-24(28)19-13-14-21(26-20-7-5-4-6-8-20)22(15-19)25-16-17-9-11-18(12-10-17)23(27)29-2;1-2-26-22(25)19-14-21(23-15-18-11-7-4-8-12-18)20(24-16-19)13-17-9-5-3-6-10-17;1-2-21-15(18)12-9-14(17(19)20)13(16-10-12)8-11-6-4-3-5-7-11;1-2-19-15(18)12-9-13(16)14(17-10-12)8-11-6-4-3-5-7-11/h10-16,21,26-27H,3-9,17H2,1-2H3;9-15,20,25-26H,3-8,16H2,1-2H3;4,7-8,11-12,14,16-17,23H,2-3,5-6,9-10,13,15H2,1H3;9-11H,2-8H2,1H3;9-11H,2-8,16H2,1H3. The summed E-state index contributed by atoms with van der Waals surface area (Å²) in [6, 6.07) is 41.9. The van der Waals surface area contributed by atoms with E-state index in [1.807, 2.05) is 85.8 Å². The zero-order chi connectivity index (χ0) is 90.5. The second-order valence-corrected chi connectivity index (χ2v) is 32.8. The molecule has 26 nitrogen and oxygen atoms in total. The van der Waals surface area contributed by atoms with Crippen LogP contribution in [0.5, 0.6) is 0 Å². The number of hydrogen-bond donors (Lipinski definition) is 6. The summed E-state index contributed by atoms with van der Waals surface area (Å²) < 4.78 is 35.0. The first-order chi connectivity index (χ1) is 61.8. The zero-order valence-corrected chi connectivity index (χ0v) is 75.4. The molecule has 0 spiro atoms. The van der Waals surface area contributed by atoms with Crippen LogP contribution in [0, 0.1) is 27.9 Å². The second kappa shape index (κ2) is 54.2. The zero-order valence-electron chi connectivity index (χ0n) is 75.4. The molecule has 26 heteroatoms. The number of pyridine rings is 3. The van der Waals surface area contributed by atoms with E-state index in [-0.39, 0.29) is 53.7 Å². The molecule has 0 amide bonds. The van der Waals surface area contributed by atoms with E-state index >= 15 is 0 Å². The number of esters is 7. The molecule has 0 bridgehead atoms. The van der Waals surface area contributed by atoms with Crippen molar-refractivity contribution in [1.82, 2.24) is 15.0 Å². The molecule has 5 fully saturated rings. The van der Waals surface area contributed by atoms with Crippen LogP contribution in [0.1, 0.15) is 308 Å². The Balaban J connectivity index is 0.000000181. The summed E-state index contributed by atoms with van der Waals surface area (Å²) in [5, 5.41) is 28.9. The molecule has 0 radical (unpaired) electrons. The quantitative estimate of drug-likeness (QED) is 0.00963. The van der Waals surface area contributed by atoms with Gasteiger partial charge in [0.1, 0.15) is 5.69 Å². The first-order valence-electron chi connectivity index (χ1n) is 46.0. The summed E-state index contributed by atoms with van der Waals surface area (Å²) in [4.78, 5) is 107. The van der Waals surface area contributed by atoms with Crippen molar-refractivity contribution in [2.45, 2.75) is 253 Å². The van der Waals surface area contributed by atoms with Gasteiger partial charge in [-0.15, -0.1) is 0 Å². The van der Waals surface area contributed by atoms with E-state index in [0.29, 0.717) is 134 Å². The minimum Gasteiger partial charge on any atom is -0.465 e. The number of rotatable bonds is 33. The number of nitrogens with one attached hydrogen (secondary N) is 5. The van der Waals surface area contributed by atoms with Gasteiger partial charge in [-0.2, -0.15) is 0 Å². The number of anilines is 6. The molecule has 5 aromatic carbocycles. The second-order valence-electron chi connectivity index (χ2n) is 32.8. The Kier molecular flexibility index (Phi) is 42.1. The first kappa shape index (κ1) is 98.8. The largest absolute Gasteiger partial charge is 0.465 e. The van der Waals surface area contributed by atoms with Gasteiger partial charge in [0.05, 0.1) is 136 Å². The lowest BCUT2D eigenvalue weighted by Crippen LogP contribution is -2.23. The number of nitrogen functional groups attached to an aromatic ring is 1. The molecule has 3 heterocycles. The summed E-state index contributed by atoms with van der Waals surface area (Å²) in [6.45, 7) is 14.5. The molecular weight excluding hydrogens is 1610 g/mol. The first-order valence-corrected chi connectivity index (χ1v) is 46.0. The number of hydrogen-bond acceptors (Lipinski definition) is 25. The predicted octanol–water partition coefficient (Wildman–Crippen LogP) is 21.6. The fourth-order valence-electron chi connectivity index (χ4n) is 16.5. The van der Waals surface area contributed by atoms with Gasteiger partial charge in [-0.1, -0.05) is 189 Å². The monoisotopic (exact) mass is 1740 g/mol. The van der Waals surface area contributed by atoms with E-state index < -0.39 is 10.9 Å². The van der Waals surface area contributed by atoms with Gasteiger partial charge in [-0.25, -0.2) is 33.6 Å². The highest BCUT2D eigenvalue weighted by Crippen LogP contribution is 2.36. The van der Waals surface area contributed by atoms with Gasteiger partial charge in [0.2, 0.25) is 0 Å². The van der Waals surface area contributed by atoms with Crippen LogP contribution in [0.4, 0.5) is 39.8 Å². The summed E-state index contributed by atoms with van der Waals surface area (Å²) in [7, 11) is 1.37. The van der Waals surface area contributed by atoms with Crippen molar-refractivity contribution in [2.24, 2.45) is 17.8 Å². The minimum absolute atomic E-state index is 0.0777. The summed E-state index contributed by atoms with van der Waals surface area (Å²) in [5.41, 5.74) is 20.1. The van der Waals surface area contributed by atoms with E-state index in [2.05, 4.69) is 53.7 Å². The van der Waals surface area contributed by atoms with Crippen molar-refractivity contribution in [3.63, 3.8) is 0 Å². The van der Waals surface area contributed by atoms with Crippen molar-refractivity contribution >= 4 is 81.6 Å². The molecule has 127 heavy (non-hydrogen) atoms. The highest BCUT2D eigenvalue weighted by Gasteiger charge is 2.27. The number of benzene rings is 5. The highest BCUT2D eigenvalue weighted by atomic mass is 16.6. The Bertz CT molecular complexity index is 4770. The van der Waals surface area contributed by atoms with Crippen LogP contribution >= 0.6 is 0 Å². The Morgan fingerprint density at radius 1 is 0.346 bits per heavy atom. The number of nitrogens with zero attached hydrogens (tertiary/aromatic N) is 4. The van der Waals surface area contributed by atoms with E-state index in [1.165, 1.54) is 147 Å². The molecule has 5 saturated carbocycles. The fourth-order valence-corrected chi connectivity index (χ4v) is 16.5. The van der Waals surface area contributed by atoms with E-state index in [1.54, 1.807) is 83.4 Å². The Labute approximate surface area is 749 Å². The van der Waals surface area contributed by atoms with Crippen LogP contribution < -0.4 is 32.3 Å². The van der Waals surface area contributed by atoms with Crippen molar-refractivity contribution < 1.29 is 71.6 Å². The summed E-state index contributed by atoms with van der Waals surface area (Å²) in [6.07, 6.45) is 38.2. The van der Waals surface area contributed by atoms with Gasteiger partial charge in [-0.05, 0) is 194 Å². The van der Waals surface area contributed by atoms with Crippen LogP contribution in [0.25, 0.3) is 0 Å². The van der Waals surface area contributed by atoms with Gasteiger partial charge >= 0.3 is 41.8 Å². The molecular formula is C101H132N10O16. The van der Waals surface area contributed by atoms with Gasteiger partial charge in [-0.3, -0.25) is 25.1 Å². The van der Waals surface area contributed by atoms with Gasteiger partial charge in [0.25, 0.3) is 5.69 Å². The minimum atomic E-state index is -0.572. The van der Waals surface area contributed by atoms with Crippen LogP contribution in [-0.2, 0) is 72.1 Å². The van der Waals surface area contributed by atoms with Crippen molar-refractivity contribution in [1.29, 1.82) is 0 Å². The maximum absolute atomic E-state index is 12.2. The van der Waals surface area contributed by atoms with Crippen LogP contribution in [0.3, 0.4) is 0 Å². The lowest BCUT2D eigenvalue weighted by Gasteiger charge is -2.25.